The van der Waals surface area contributed by atoms with Crippen molar-refractivity contribution >= 4 is 20.6 Å². The van der Waals surface area contributed by atoms with Crippen LogP contribution in [0.25, 0.3) is 0 Å². The molecule has 0 N–H and O–H groups in total. The molecule has 3 heteroatoms. The Hall–Kier alpha value is -0.0500. The first kappa shape index (κ1) is 8.05. The Morgan fingerprint density at radius 1 is 1.70 bits per heavy atom. The molecule has 2 nitrogen and oxygen atoms in total. The van der Waals surface area contributed by atoms with Gasteiger partial charge < -0.3 is 0 Å². The summed E-state index contributed by atoms with van der Waals surface area (Å²) < 4.78 is 1.08. The molecule has 0 aliphatic carbocycles. The molecule has 0 aromatic heterocycles. The van der Waals surface area contributed by atoms with Crippen molar-refractivity contribution in [2.45, 2.75) is 26.3 Å². The highest BCUT2D eigenvalue weighted by Gasteiger charge is 2.24. The first-order chi connectivity index (χ1) is 4.61. The van der Waals surface area contributed by atoms with E-state index < -0.39 is 0 Å². The molecule has 0 saturated heterocycles. The average Bonchev–Trinajstić information content (AvgIpc) is 2.10. The van der Waals surface area contributed by atoms with Gasteiger partial charge in [-0.3, -0.25) is 5.01 Å². The SMILES string of the molecule is CC(C)C1CC(Br)=NN1C. The lowest BCUT2D eigenvalue weighted by molar-refractivity contribution is 0.228. The molecule has 0 spiro atoms. The maximum absolute atomic E-state index is 4.26. The fourth-order valence-corrected chi connectivity index (χ4v) is 1.84. The minimum atomic E-state index is 0.592. The van der Waals surface area contributed by atoms with Crippen LogP contribution in [-0.4, -0.2) is 22.7 Å². The molecule has 58 valence electrons. The zero-order valence-electron chi connectivity index (χ0n) is 6.63. The molecule has 1 aliphatic heterocycles. The van der Waals surface area contributed by atoms with Crippen molar-refractivity contribution in [1.82, 2.24) is 5.01 Å². The molecule has 0 aromatic rings. The highest BCUT2D eigenvalue weighted by Crippen LogP contribution is 2.22. The standard InChI is InChI=1S/C7H13BrN2/c1-5(2)6-4-7(8)9-10(6)3/h5-6H,4H2,1-3H3. The monoisotopic (exact) mass is 204 g/mol. The number of rotatable bonds is 1. The van der Waals surface area contributed by atoms with Gasteiger partial charge in [0.05, 0.1) is 6.04 Å². The van der Waals surface area contributed by atoms with Crippen LogP contribution in [-0.2, 0) is 0 Å². The highest BCUT2D eigenvalue weighted by atomic mass is 79.9. The van der Waals surface area contributed by atoms with E-state index in [1.165, 1.54) is 0 Å². The molecular formula is C7H13BrN2. The van der Waals surface area contributed by atoms with Crippen molar-refractivity contribution in [3.63, 3.8) is 0 Å². The second-order valence-corrected chi connectivity index (χ2v) is 3.98. The topological polar surface area (TPSA) is 15.6 Å². The van der Waals surface area contributed by atoms with Crippen LogP contribution in [0, 0.1) is 5.92 Å². The number of hydrogen-bond donors (Lipinski definition) is 0. The van der Waals surface area contributed by atoms with E-state index in [0.717, 1.165) is 11.0 Å². The predicted octanol–water partition coefficient (Wildman–Crippen LogP) is 2.05. The number of hydrazone groups is 1. The second kappa shape index (κ2) is 2.91. The van der Waals surface area contributed by atoms with Crippen LogP contribution < -0.4 is 0 Å². The predicted molar refractivity (Wildman–Crippen MR) is 47.4 cm³/mol. The quantitative estimate of drug-likeness (QED) is 0.639. The van der Waals surface area contributed by atoms with Crippen LogP contribution in [0.15, 0.2) is 5.10 Å². The van der Waals surface area contributed by atoms with Gasteiger partial charge in [-0.15, -0.1) is 0 Å². The molecule has 0 aromatic carbocycles. The van der Waals surface area contributed by atoms with Crippen LogP contribution in [0.1, 0.15) is 20.3 Å². The summed E-state index contributed by atoms with van der Waals surface area (Å²) in [6, 6.07) is 0.592. The average molecular weight is 205 g/mol. The number of hydrogen-bond acceptors (Lipinski definition) is 2. The van der Waals surface area contributed by atoms with Gasteiger partial charge in [0.2, 0.25) is 0 Å². The summed E-state index contributed by atoms with van der Waals surface area (Å²) in [6.45, 7) is 4.45. The number of halogens is 1. The van der Waals surface area contributed by atoms with Gasteiger partial charge in [0.1, 0.15) is 4.62 Å². The molecular weight excluding hydrogens is 192 g/mol. The van der Waals surface area contributed by atoms with E-state index in [4.69, 9.17) is 0 Å². The summed E-state index contributed by atoms with van der Waals surface area (Å²) in [6.07, 6.45) is 1.06. The summed E-state index contributed by atoms with van der Waals surface area (Å²) in [5, 5.41) is 6.29. The maximum atomic E-state index is 4.26. The number of nitrogens with zero attached hydrogens (tertiary/aromatic N) is 2. The van der Waals surface area contributed by atoms with E-state index in [1.54, 1.807) is 0 Å². The van der Waals surface area contributed by atoms with E-state index in [0.29, 0.717) is 12.0 Å². The fraction of sp³-hybridized carbons (Fsp3) is 0.857. The van der Waals surface area contributed by atoms with E-state index in [-0.39, 0.29) is 0 Å². The second-order valence-electron chi connectivity index (χ2n) is 3.07. The van der Waals surface area contributed by atoms with Crippen LogP contribution >= 0.6 is 15.9 Å². The Morgan fingerprint density at radius 3 is 2.50 bits per heavy atom. The largest absolute Gasteiger partial charge is 0.296 e. The third-order valence-corrected chi connectivity index (χ3v) is 2.38. The molecule has 1 rings (SSSR count). The summed E-state index contributed by atoms with van der Waals surface area (Å²) in [5.41, 5.74) is 0. The van der Waals surface area contributed by atoms with Gasteiger partial charge in [-0.05, 0) is 21.8 Å². The van der Waals surface area contributed by atoms with Crippen molar-refractivity contribution in [2.75, 3.05) is 7.05 Å². The van der Waals surface area contributed by atoms with E-state index in [9.17, 15) is 0 Å². The lowest BCUT2D eigenvalue weighted by Gasteiger charge is -2.21. The summed E-state index contributed by atoms with van der Waals surface area (Å²) in [7, 11) is 2.03. The molecule has 0 radical (unpaired) electrons. The van der Waals surface area contributed by atoms with E-state index in [2.05, 4.69) is 34.9 Å². The Labute approximate surface area is 70.4 Å². The summed E-state index contributed by atoms with van der Waals surface area (Å²) >= 11 is 3.40. The molecule has 10 heavy (non-hydrogen) atoms. The Morgan fingerprint density at radius 2 is 2.30 bits per heavy atom. The summed E-state index contributed by atoms with van der Waals surface area (Å²) in [4.78, 5) is 0. The minimum absolute atomic E-state index is 0.592. The zero-order valence-corrected chi connectivity index (χ0v) is 8.22. The van der Waals surface area contributed by atoms with Gasteiger partial charge in [0.15, 0.2) is 0 Å². The van der Waals surface area contributed by atoms with Crippen molar-refractivity contribution in [2.24, 2.45) is 11.0 Å². The van der Waals surface area contributed by atoms with E-state index in [1.807, 2.05) is 12.1 Å². The molecule has 0 saturated carbocycles. The van der Waals surface area contributed by atoms with Gasteiger partial charge in [0.25, 0.3) is 0 Å². The smallest absolute Gasteiger partial charge is 0.105 e. The van der Waals surface area contributed by atoms with Crippen molar-refractivity contribution < 1.29 is 0 Å². The molecule has 1 atom stereocenters. The maximum Gasteiger partial charge on any atom is 0.105 e. The normalized spacial score (nSPS) is 25.9. The zero-order chi connectivity index (χ0) is 7.72. The van der Waals surface area contributed by atoms with Gasteiger partial charge in [-0.1, -0.05) is 13.8 Å². The third-order valence-electron chi connectivity index (χ3n) is 1.89. The lowest BCUT2D eigenvalue weighted by Crippen LogP contribution is -2.27. The molecule has 1 aliphatic rings. The highest BCUT2D eigenvalue weighted by molar-refractivity contribution is 9.18. The van der Waals surface area contributed by atoms with Gasteiger partial charge in [-0.2, -0.15) is 5.10 Å². The van der Waals surface area contributed by atoms with Gasteiger partial charge >= 0.3 is 0 Å². The van der Waals surface area contributed by atoms with Crippen molar-refractivity contribution in [3.8, 4) is 0 Å². The van der Waals surface area contributed by atoms with Gasteiger partial charge in [-0.25, -0.2) is 0 Å². The Kier molecular flexibility index (Phi) is 2.34. The third kappa shape index (κ3) is 1.51. The molecule has 0 bridgehead atoms. The molecule has 0 amide bonds. The Balaban J connectivity index is 2.55. The van der Waals surface area contributed by atoms with Crippen LogP contribution in [0.5, 0.6) is 0 Å². The fourth-order valence-electron chi connectivity index (χ4n) is 1.26. The van der Waals surface area contributed by atoms with Gasteiger partial charge in [0, 0.05) is 13.5 Å². The lowest BCUT2D eigenvalue weighted by atomic mass is 10.0. The van der Waals surface area contributed by atoms with Crippen molar-refractivity contribution in [1.29, 1.82) is 0 Å². The molecule has 1 heterocycles. The first-order valence-corrected chi connectivity index (χ1v) is 4.36. The van der Waals surface area contributed by atoms with Crippen LogP contribution in [0.2, 0.25) is 0 Å². The first-order valence-electron chi connectivity index (χ1n) is 3.57. The van der Waals surface area contributed by atoms with Crippen LogP contribution in [0.3, 0.4) is 0 Å². The molecule has 0 fully saturated rings. The van der Waals surface area contributed by atoms with Crippen molar-refractivity contribution in [3.05, 3.63) is 0 Å². The summed E-state index contributed by atoms with van der Waals surface area (Å²) in [5.74, 6) is 0.684. The van der Waals surface area contributed by atoms with E-state index >= 15 is 0 Å². The Bertz CT molecular complexity index is 154. The minimum Gasteiger partial charge on any atom is -0.296 e. The van der Waals surface area contributed by atoms with Crippen LogP contribution in [0.4, 0.5) is 0 Å². The molecule has 1 unspecified atom stereocenters.